The predicted molar refractivity (Wildman–Crippen MR) is 60.9 cm³/mol. The summed E-state index contributed by atoms with van der Waals surface area (Å²) in [5.74, 6) is 3.00. The average Bonchev–Trinajstić information content (AvgIpc) is 2.15. The van der Waals surface area contributed by atoms with Crippen molar-refractivity contribution in [2.24, 2.45) is 29.6 Å². The molecule has 3 heteroatoms. The minimum Gasteiger partial charge on any atom is -0.480 e. The van der Waals surface area contributed by atoms with Crippen molar-refractivity contribution in [3.05, 3.63) is 0 Å². The molecule has 0 heterocycles. The maximum absolute atomic E-state index is 11.1. The number of hydrogen-bond acceptors (Lipinski definition) is 1. The van der Waals surface area contributed by atoms with Crippen molar-refractivity contribution < 1.29 is 9.90 Å². The maximum atomic E-state index is 11.1. The van der Waals surface area contributed by atoms with Gasteiger partial charge in [-0.05, 0) is 61.7 Å². The second kappa shape index (κ2) is 3.47. The number of alkyl halides is 1. The summed E-state index contributed by atoms with van der Waals surface area (Å²) in [6, 6.07) is 0. The largest absolute Gasteiger partial charge is 0.480 e. The van der Waals surface area contributed by atoms with Crippen LogP contribution in [0, 0.1) is 29.6 Å². The van der Waals surface area contributed by atoms with Gasteiger partial charge in [-0.3, -0.25) is 4.79 Å². The van der Waals surface area contributed by atoms with E-state index in [4.69, 9.17) is 5.11 Å². The lowest BCUT2D eigenvalue weighted by Crippen LogP contribution is -2.49. The molecule has 15 heavy (non-hydrogen) atoms. The third-order valence-corrected chi connectivity index (χ3v) is 5.88. The summed E-state index contributed by atoms with van der Waals surface area (Å²) in [6.07, 6.45) is 6.62. The summed E-state index contributed by atoms with van der Waals surface area (Å²) in [7, 11) is 0. The number of carbonyl (C=O) groups is 1. The molecular weight excluding hydrogens is 256 g/mol. The summed E-state index contributed by atoms with van der Waals surface area (Å²) >= 11 is 3.39. The number of halogens is 1. The molecule has 0 aromatic carbocycles. The van der Waals surface area contributed by atoms with E-state index < -0.39 is 5.97 Å². The van der Waals surface area contributed by atoms with Gasteiger partial charge in [-0.15, -0.1) is 0 Å². The van der Waals surface area contributed by atoms with Crippen molar-refractivity contribution in [1.82, 2.24) is 0 Å². The molecule has 1 atom stereocenters. The molecule has 4 saturated carbocycles. The lowest BCUT2D eigenvalue weighted by molar-refractivity contribution is -0.140. The van der Waals surface area contributed by atoms with E-state index in [1.54, 1.807) is 0 Å². The van der Waals surface area contributed by atoms with Gasteiger partial charge in [0.25, 0.3) is 0 Å². The standard InChI is InChI=1S/C12H17BrO2/c13-11(12(14)15)10-8-2-6-1-7(4-8)5-9(10)3-6/h6-11H,1-5H2,(H,14,15). The van der Waals surface area contributed by atoms with Gasteiger partial charge in [0.2, 0.25) is 0 Å². The predicted octanol–water partition coefficient (Wildman–Crippen LogP) is 2.91. The molecular formula is C12H17BrO2. The SMILES string of the molecule is O=C(O)C(Br)C1C2CC3CC(C2)CC1C3. The third kappa shape index (κ3) is 1.54. The van der Waals surface area contributed by atoms with E-state index in [0.717, 1.165) is 11.8 Å². The van der Waals surface area contributed by atoms with E-state index in [1.165, 1.54) is 32.1 Å². The van der Waals surface area contributed by atoms with Crippen LogP contribution in [0.2, 0.25) is 0 Å². The molecule has 4 bridgehead atoms. The van der Waals surface area contributed by atoms with Crippen LogP contribution in [0.1, 0.15) is 32.1 Å². The van der Waals surface area contributed by atoms with Crippen molar-refractivity contribution in [2.45, 2.75) is 36.9 Å². The second-order valence-electron chi connectivity index (χ2n) is 5.75. The minimum absolute atomic E-state index is 0.299. The van der Waals surface area contributed by atoms with Crippen molar-refractivity contribution >= 4 is 21.9 Å². The van der Waals surface area contributed by atoms with Crippen molar-refractivity contribution in [3.8, 4) is 0 Å². The topological polar surface area (TPSA) is 37.3 Å². The molecule has 2 nitrogen and oxygen atoms in total. The van der Waals surface area contributed by atoms with Gasteiger partial charge < -0.3 is 5.11 Å². The fourth-order valence-corrected chi connectivity index (χ4v) is 5.47. The Bertz CT molecular complexity index is 261. The summed E-state index contributed by atoms with van der Waals surface area (Å²) < 4.78 is 0. The Morgan fingerprint density at radius 2 is 1.53 bits per heavy atom. The lowest BCUT2D eigenvalue weighted by Gasteiger charge is -2.55. The monoisotopic (exact) mass is 272 g/mol. The quantitative estimate of drug-likeness (QED) is 0.785. The highest BCUT2D eigenvalue weighted by atomic mass is 79.9. The van der Waals surface area contributed by atoms with E-state index >= 15 is 0 Å². The van der Waals surface area contributed by atoms with E-state index in [1.807, 2.05) is 0 Å². The maximum Gasteiger partial charge on any atom is 0.317 e. The number of carboxylic acid groups (broad SMARTS) is 1. The minimum atomic E-state index is -0.660. The van der Waals surface area contributed by atoms with Crippen LogP contribution >= 0.6 is 15.9 Å². The van der Waals surface area contributed by atoms with Crippen LogP contribution in [0.4, 0.5) is 0 Å². The van der Waals surface area contributed by atoms with Crippen molar-refractivity contribution in [1.29, 1.82) is 0 Å². The Kier molecular flexibility index (Phi) is 2.35. The van der Waals surface area contributed by atoms with Crippen LogP contribution in [0.3, 0.4) is 0 Å². The Morgan fingerprint density at radius 1 is 1.07 bits per heavy atom. The molecule has 0 amide bonds. The number of rotatable bonds is 2. The van der Waals surface area contributed by atoms with Crippen molar-refractivity contribution in [3.63, 3.8) is 0 Å². The van der Waals surface area contributed by atoms with E-state index in [0.29, 0.717) is 17.8 Å². The number of aliphatic carboxylic acids is 1. The van der Waals surface area contributed by atoms with Crippen LogP contribution in [0.15, 0.2) is 0 Å². The van der Waals surface area contributed by atoms with Gasteiger partial charge in [0.15, 0.2) is 0 Å². The molecule has 0 saturated heterocycles. The van der Waals surface area contributed by atoms with E-state index in [-0.39, 0.29) is 4.83 Å². The first-order valence-corrected chi connectivity index (χ1v) is 6.93. The van der Waals surface area contributed by atoms with Gasteiger partial charge in [0.1, 0.15) is 4.83 Å². The van der Waals surface area contributed by atoms with Gasteiger partial charge in [0, 0.05) is 0 Å². The van der Waals surface area contributed by atoms with Gasteiger partial charge in [-0.25, -0.2) is 0 Å². The first kappa shape index (κ1) is 10.1. The van der Waals surface area contributed by atoms with E-state index in [2.05, 4.69) is 15.9 Å². The molecule has 4 aliphatic rings. The molecule has 0 aromatic heterocycles. The number of carboxylic acids is 1. The Balaban J connectivity index is 1.83. The van der Waals surface area contributed by atoms with Crippen LogP contribution < -0.4 is 0 Å². The molecule has 0 aromatic rings. The van der Waals surface area contributed by atoms with Crippen LogP contribution in [-0.2, 0) is 4.79 Å². The molecule has 4 aliphatic carbocycles. The Morgan fingerprint density at radius 3 is 1.93 bits per heavy atom. The normalized spacial score (nSPS) is 49.3. The number of hydrogen-bond donors (Lipinski definition) is 1. The molecule has 0 radical (unpaired) electrons. The molecule has 1 unspecified atom stereocenters. The summed E-state index contributed by atoms with van der Waals surface area (Å²) in [6.45, 7) is 0. The highest BCUT2D eigenvalue weighted by Crippen LogP contribution is 2.58. The molecule has 0 aliphatic heterocycles. The Labute approximate surface area is 98.6 Å². The Hall–Kier alpha value is -0.0500. The first-order valence-electron chi connectivity index (χ1n) is 6.02. The fourth-order valence-electron chi connectivity index (χ4n) is 4.61. The molecule has 84 valence electrons. The third-order valence-electron chi connectivity index (χ3n) is 4.87. The van der Waals surface area contributed by atoms with Crippen LogP contribution in [0.5, 0.6) is 0 Å². The summed E-state index contributed by atoms with van der Waals surface area (Å²) in [4.78, 5) is 10.8. The average molecular weight is 273 g/mol. The summed E-state index contributed by atoms with van der Waals surface area (Å²) in [5.41, 5.74) is 0. The van der Waals surface area contributed by atoms with Gasteiger partial charge >= 0.3 is 5.97 Å². The van der Waals surface area contributed by atoms with Gasteiger partial charge in [-0.1, -0.05) is 15.9 Å². The molecule has 1 N–H and O–H groups in total. The molecule has 0 spiro atoms. The first-order chi connectivity index (χ1) is 7.15. The van der Waals surface area contributed by atoms with Crippen LogP contribution in [0.25, 0.3) is 0 Å². The van der Waals surface area contributed by atoms with Crippen LogP contribution in [-0.4, -0.2) is 15.9 Å². The smallest absolute Gasteiger partial charge is 0.317 e. The molecule has 4 rings (SSSR count). The zero-order valence-corrected chi connectivity index (χ0v) is 10.3. The van der Waals surface area contributed by atoms with Gasteiger partial charge in [0.05, 0.1) is 0 Å². The summed E-state index contributed by atoms with van der Waals surface area (Å²) in [5, 5.41) is 9.12. The van der Waals surface area contributed by atoms with Gasteiger partial charge in [-0.2, -0.15) is 0 Å². The van der Waals surface area contributed by atoms with Crippen molar-refractivity contribution in [2.75, 3.05) is 0 Å². The fraction of sp³-hybridized carbons (Fsp3) is 0.917. The second-order valence-corrected chi connectivity index (χ2v) is 6.73. The molecule has 4 fully saturated rings. The zero-order valence-electron chi connectivity index (χ0n) is 8.73. The zero-order chi connectivity index (χ0) is 10.6. The highest BCUT2D eigenvalue weighted by molar-refractivity contribution is 9.10. The highest BCUT2D eigenvalue weighted by Gasteiger charge is 2.51. The van der Waals surface area contributed by atoms with E-state index in [9.17, 15) is 4.79 Å². The lowest BCUT2D eigenvalue weighted by atomic mass is 9.51.